The van der Waals surface area contributed by atoms with Gasteiger partial charge in [-0.05, 0) is 41.9 Å². The first-order chi connectivity index (χ1) is 7.52. The quantitative estimate of drug-likeness (QED) is 0.523. The third-order valence-corrected chi connectivity index (χ3v) is 3.27. The molecule has 0 fully saturated rings. The number of oxime groups is 1. The average Bonchev–Trinajstić information content (AvgIpc) is 2.26. The molecule has 2 heteroatoms. The summed E-state index contributed by atoms with van der Waals surface area (Å²) in [5.41, 5.74) is 4.74. The lowest BCUT2D eigenvalue weighted by molar-refractivity contribution is 0.317. The molecule has 0 saturated carbocycles. The standard InChI is InChI=1S/C14H19NO/c1-14(2,3)11-8-7-10-5-4-6-13(15-16)12(10)9-11/h7-9,16H,4-6H2,1-3H3/b15-13-. The van der Waals surface area contributed by atoms with Crippen molar-refractivity contribution in [3.63, 3.8) is 0 Å². The van der Waals surface area contributed by atoms with Gasteiger partial charge in [-0.25, -0.2) is 0 Å². The molecule has 1 aromatic carbocycles. The predicted octanol–water partition coefficient (Wildman–Crippen LogP) is 3.50. The molecule has 0 amide bonds. The summed E-state index contributed by atoms with van der Waals surface area (Å²) in [5.74, 6) is 0. The monoisotopic (exact) mass is 217 g/mol. The minimum atomic E-state index is 0.146. The Morgan fingerprint density at radius 2 is 1.94 bits per heavy atom. The Hall–Kier alpha value is -1.31. The second-order valence-corrected chi connectivity index (χ2v) is 5.52. The Bertz CT molecular complexity index is 427. The Morgan fingerprint density at radius 3 is 2.56 bits per heavy atom. The maximum atomic E-state index is 9.02. The predicted molar refractivity (Wildman–Crippen MR) is 66.4 cm³/mol. The number of benzene rings is 1. The first-order valence-corrected chi connectivity index (χ1v) is 5.87. The molecule has 1 aliphatic carbocycles. The van der Waals surface area contributed by atoms with Gasteiger partial charge in [0, 0.05) is 5.56 Å². The van der Waals surface area contributed by atoms with E-state index in [4.69, 9.17) is 5.21 Å². The molecule has 0 radical (unpaired) electrons. The molecule has 16 heavy (non-hydrogen) atoms. The second kappa shape index (κ2) is 3.93. The van der Waals surface area contributed by atoms with E-state index >= 15 is 0 Å². The van der Waals surface area contributed by atoms with Gasteiger partial charge in [0.15, 0.2) is 0 Å². The number of hydrogen-bond donors (Lipinski definition) is 1. The van der Waals surface area contributed by atoms with Crippen molar-refractivity contribution in [1.82, 2.24) is 0 Å². The molecule has 86 valence electrons. The molecule has 1 aliphatic rings. The lowest BCUT2D eigenvalue weighted by atomic mass is 9.82. The summed E-state index contributed by atoms with van der Waals surface area (Å²) in [7, 11) is 0. The van der Waals surface area contributed by atoms with Crippen LogP contribution in [-0.4, -0.2) is 10.9 Å². The number of nitrogens with zero attached hydrogens (tertiary/aromatic N) is 1. The fraction of sp³-hybridized carbons (Fsp3) is 0.500. The summed E-state index contributed by atoms with van der Waals surface area (Å²) in [4.78, 5) is 0. The molecule has 1 N–H and O–H groups in total. The van der Waals surface area contributed by atoms with Crippen molar-refractivity contribution < 1.29 is 5.21 Å². The van der Waals surface area contributed by atoms with E-state index < -0.39 is 0 Å². The van der Waals surface area contributed by atoms with E-state index in [9.17, 15) is 0 Å². The van der Waals surface area contributed by atoms with E-state index in [1.54, 1.807) is 0 Å². The van der Waals surface area contributed by atoms with Gasteiger partial charge < -0.3 is 5.21 Å². The van der Waals surface area contributed by atoms with Crippen LogP contribution in [0.1, 0.15) is 50.3 Å². The van der Waals surface area contributed by atoms with Gasteiger partial charge in [-0.3, -0.25) is 0 Å². The Morgan fingerprint density at radius 1 is 1.19 bits per heavy atom. The minimum Gasteiger partial charge on any atom is -0.411 e. The average molecular weight is 217 g/mol. The molecule has 0 heterocycles. The van der Waals surface area contributed by atoms with Crippen LogP contribution in [0, 0.1) is 0 Å². The molecule has 0 spiro atoms. The SMILES string of the molecule is CC(C)(C)c1ccc2c(c1)/C(=N\O)CCC2. The summed E-state index contributed by atoms with van der Waals surface area (Å²) in [6, 6.07) is 6.56. The summed E-state index contributed by atoms with van der Waals surface area (Å²) < 4.78 is 0. The maximum absolute atomic E-state index is 9.02. The molecule has 2 nitrogen and oxygen atoms in total. The van der Waals surface area contributed by atoms with Gasteiger partial charge in [-0.15, -0.1) is 0 Å². The van der Waals surface area contributed by atoms with Crippen molar-refractivity contribution in [2.75, 3.05) is 0 Å². The van der Waals surface area contributed by atoms with E-state index in [-0.39, 0.29) is 5.41 Å². The highest BCUT2D eigenvalue weighted by molar-refractivity contribution is 6.02. The molecule has 0 atom stereocenters. The second-order valence-electron chi connectivity index (χ2n) is 5.52. The Balaban J connectivity index is 2.51. The number of rotatable bonds is 0. The fourth-order valence-electron chi connectivity index (χ4n) is 2.21. The summed E-state index contributed by atoms with van der Waals surface area (Å²) in [6.45, 7) is 6.61. The van der Waals surface area contributed by atoms with E-state index in [0.717, 1.165) is 30.5 Å². The van der Waals surface area contributed by atoms with Gasteiger partial charge in [0.25, 0.3) is 0 Å². The molecule has 0 aliphatic heterocycles. The third-order valence-electron chi connectivity index (χ3n) is 3.27. The lowest BCUT2D eigenvalue weighted by Crippen LogP contribution is -2.16. The molecule has 0 unspecified atom stereocenters. The van der Waals surface area contributed by atoms with Gasteiger partial charge in [-0.2, -0.15) is 0 Å². The van der Waals surface area contributed by atoms with Crippen LogP contribution in [0.2, 0.25) is 0 Å². The summed E-state index contributed by atoms with van der Waals surface area (Å²) >= 11 is 0. The molecule has 0 aromatic heterocycles. The number of fused-ring (bicyclic) bond motifs is 1. The van der Waals surface area contributed by atoms with Crippen molar-refractivity contribution >= 4 is 5.71 Å². The molecule has 2 rings (SSSR count). The minimum absolute atomic E-state index is 0.146. The highest BCUT2D eigenvalue weighted by Gasteiger charge is 2.20. The van der Waals surface area contributed by atoms with E-state index in [0.29, 0.717) is 0 Å². The van der Waals surface area contributed by atoms with Crippen LogP contribution in [0.4, 0.5) is 0 Å². The summed E-state index contributed by atoms with van der Waals surface area (Å²) in [6.07, 6.45) is 3.07. The largest absolute Gasteiger partial charge is 0.411 e. The summed E-state index contributed by atoms with van der Waals surface area (Å²) in [5, 5.41) is 12.4. The van der Waals surface area contributed by atoms with E-state index in [1.165, 1.54) is 11.1 Å². The van der Waals surface area contributed by atoms with Crippen molar-refractivity contribution in [3.8, 4) is 0 Å². The normalized spacial score (nSPS) is 18.6. The number of aryl methyl sites for hydroxylation is 1. The van der Waals surface area contributed by atoms with Gasteiger partial charge in [-0.1, -0.05) is 38.1 Å². The van der Waals surface area contributed by atoms with E-state index in [1.807, 2.05) is 0 Å². The number of hydrogen-bond acceptors (Lipinski definition) is 2. The van der Waals surface area contributed by atoms with Crippen molar-refractivity contribution in [2.45, 2.75) is 45.4 Å². The first kappa shape index (κ1) is 11.2. The zero-order valence-electron chi connectivity index (χ0n) is 10.2. The van der Waals surface area contributed by atoms with Crippen LogP contribution in [-0.2, 0) is 11.8 Å². The van der Waals surface area contributed by atoms with Gasteiger partial charge in [0.2, 0.25) is 0 Å². The van der Waals surface area contributed by atoms with Gasteiger partial charge in [0.1, 0.15) is 0 Å². The third kappa shape index (κ3) is 1.97. The zero-order valence-corrected chi connectivity index (χ0v) is 10.2. The van der Waals surface area contributed by atoms with E-state index in [2.05, 4.69) is 44.1 Å². The smallest absolute Gasteiger partial charge is 0.0870 e. The highest BCUT2D eigenvalue weighted by atomic mass is 16.4. The lowest BCUT2D eigenvalue weighted by Gasteiger charge is -2.23. The van der Waals surface area contributed by atoms with Crippen LogP contribution in [0.15, 0.2) is 23.4 Å². The van der Waals surface area contributed by atoms with Crippen molar-refractivity contribution in [3.05, 3.63) is 34.9 Å². The maximum Gasteiger partial charge on any atom is 0.0870 e. The van der Waals surface area contributed by atoms with Crippen molar-refractivity contribution in [2.24, 2.45) is 5.16 Å². The first-order valence-electron chi connectivity index (χ1n) is 5.87. The molecular weight excluding hydrogens is 198 g/mol. The fourth-order valence-corrected chi connectivity index (χ4v) is 2.21. The van der Waals surface area contributed by atoms with Crippen molar-refractivity contribution in [1.29, 1.82) is 0 Å². The zero-order chi connectivity index (χ0) is 11.8. The molecular formula is C14H19NO. The molecule has 0 saturated heterocycles. The Labute approximate surface area is 97.0 Å². The van der Waals surface area contributed by atoms with Gasteiger partial charge >= 0.3 is 0 Å². The van der Waals surface area contributed by atoms with Crippen LogP contribution < -0.4 is 0 Å². The topological polar surface area (TPSA) is 32.6 Å². The highest BCUT2D eigenvalue weighted by Crippen LogP contribution is 2.28. The van der Waals surface area contributed by atoms with Crippen LogP contribution in [0.5, 0.6) is 0 Å². The Kier molecular flexibility index (Phi) is 2.75. The van der Waals surface area contributed by atoms with Crippen LogP contribution in [0.25, 0.3) is 0 Å². The van der Waals surface area contributed by atoms with Crippen LogP contribution in [0.3, 0.4) is 0 Å². The molecule has 1 aromatic rings. The van der Waals surface area contributed by atoms with Crippen LogP contribution >= 0.6 is 0 Å². The molecule has 0 bridgehead atoms. The van der Waals surface area contributed by atoms with Gasteiger partial charge in [0.05, 0.1) is 5.71 Å².